The SMILES string of the molecule is CCOC(=O)N1CC2=C(OC(N)=C(C#N)C2c2ccc(Br)cc2)/C(=C/c2ccc(Br)cc2)C1. The standard InChI is InChI=1S/C25H21Br2N3O3/c1-2-32-25(31)30-13-17(11-15-3-7-18(26)8-4-15)23-21(14-30)22(20(12-28)24(29)33-23)16-5-9-19(27)10-6-16/h3-11,22H,2,13-14,29H2,1H3/b17-11+. The molecule has 4 rings (SSSR count). The van der Waals surface area contributed by atoms with Gasteiger partial charge in [-0.15, -0.1) is 0 Å². The Morgan fingerprint density at radius 3 is 2.42 bits per heavy atom. The Morgan fingerprint density at radius 2 is 1.82 bits per heavy atom. The number of amides is 1. The Kier molecular flexibility index (Phi) is 6.91. The first-order chi connectivity index (χ1) is 15.9. The van der Waals surface area contributed by atoms with E-state index in [0.717, 1.165) is 31.2 Å². The molecule has 6 nitrogen and oxygen atoms in total. The lowest BCUT2D eigenvalue weighted by atomic mass is 9.80. The molecular formula is C25H21Br2N3O3. The molecule has 1 amide bonds. The van der Waals surface area contributed by atoms with Crippen molar-refractivity contribution in [3.8, 4) is 6.07 Å². The number of nitrogens with zero attached hydrogens (tertiary/aromatic N) is 2. The van der Waals surface area contributed by atoms with Gasteiger partial charge in [0.1, 0.15) is 17.4 Å². The van der Waals surface area contributed by atoms with Gasteiger partial charge in [-0.3, -0.25) is 4.90 Å². The van der Waals surface area contributed by atoms with Crippen molar-refractivity contribution in [1.29, 1.82) is 5.26 Å². The van der Waals surface area contributed by atoms with Crippen molar-refractivity contribution >= 4 is 44.0 Å². The smallest absolute Gasteiger partial charge is 0.410 e. The molecule has 2 aromatic rings. The van der Waals surface area contributed by atoms with Crippen LogP contribution in [0, 0.1) is 11.3 Å². The Labute approximate surface area is 209 Å². The maximum atomic E-state index is 12.7. The predicted octanol–water partition coefficient (Wildman–Crippen LogP) is 5.83. The first-order valence-electron chi connectivity index (χ1n) is 10.4. The molecule has 1 unspecified atom stereocenters. The van der Waals surface area contributed by atoms with Crippen molar-refractivity contribution in [2.24, 2.45) is 5.73 Å². The predicted molar refractivity (Wildman–Crippen MR) is 133 cm³/mol. The zero-order valence-electron chi connectivity index (χ0n) is 17.8. The zero-order valence-corrected chi connectivity index (χ0v) is 21.0. The topological polar surface area (TPSA) is 88.6 Å². The van der Waals surface area contributed by atoms with E-state index in [4.69, 9.17) is 15.2 Å². The number of halogens is 2. The highest BCUT2D eigenvalue weighted by atomic mass is 79.9. The van der Waals surface area contributed by atoms with Crippen LogP contribution in [0.15, 0.2) is 85.8 Å². The van der Waals surface area contributed by atoms with Crippen LogP contribution in [0.25, 0.3) is 6.08 Å². The van der Waals surface area contributed by atoms with Gasteiger partial charge in [0.25, 0.3) is 0 Å². The number of ether oxygens (including phenoxy) is 2. The summed E-state index contributed by atoms with van der Waals surface area (Å²) in [6, 6.07) is 17.8. The molecule has 0 saturated carbocycles. The number of carbonyl (C=O) groups excluding carboxylic acids is 1. The summed E-state index contributed by atoms with van der Waals surface area (Å²) in [6.45, 7) is 2.62. The van der Waals surface area contributed by atoms with E-state index in [1.807, 2.05) is 54.6 Å². The quantitative estimate of drug-likeness (QED) is 0.501. The van der Waals surface area contributed by atoms with Gasteiger partial charge in [0.15, 0.2) is 0 Å². The van der Waals surface area contributed by atoms with Crippen LogP contribution in [0.2, 0.25) is 0 Å². The van der Waals surface area contributed by atoms with E-state index in [0.29, 0.717) is 17.9 Å². The third-order valence-corrected chi connectivity index (χ3v) is 6.54. The fourth-order valence-electron chi connectivity index (χ4n) is 4.01. The monoisotopic (exact) mass is 569 g/mol. The molecule has 2 aromatic carbocycles. The van der Waals surface area contributed by atoms with E-state index in [2.05, 4.69) is 37.9 Å². The third kappa shape index (κ3) is 4.85. The number of hydrogen-bond acceptors (Lipinski definition) is 5. The van der Waals surface area contributed by atoms with E-state index < -0.39 is 12.0 Å². The summed E-state index contributed by atoms with van der Waals surface area (Å²) in [5.41, 5.74) is 9.97. The molecule has 2 aliphatic rings. The average Bonchev–Trinajstić information content (AvgIpc) is 2.80. The van der Waals surface area contributed by atoms with Gasteiger partial charge >= 0.3 is 6.09 Å². The van der Waals surface area contributed by atoms with Crippen molar-refractivity contribution in [3.63, 3.8) is 0 Å². The molecule has 2 heterocycles. The summed E-state index contributed by atoms with van der Waals surface area (Å²) in [6.07, 6.45) is 1.55. The Morgan fingerprint density at radius 1 is 1.18 bits per heavy atom. The number of rotatable bonds is 3. The van der Waals surface area contributed by atoms with Gasteiger partial charge in [0.05, 0.1) is 25.6 Å². The number of allylic oxidation sites excluding steroid dienone is 1. The molecule has 1 atom stereocenters. The van der Waals surface area contributed by atoms with E-state index in [1.54, 1.807) is 11.8 Å². The molecule has 0 saturated heterocycles. The first kappa shape index (κ1) is 23.1. The third-order valence-electron chi connectivity index (χ3n) is 5.48. The number of nitriles is 1. The second kappa shape index (κ2) is 9.86. The molecule has 168 valence electrons. The van der Waals surface area contributed by atoms with E-state index in [9.17, 15) is 10.1 Å². The molecule has 33 heavy (non-hydrogen) atoms. The minimum absolute atomic E-state index is 0.0791. The van der Waals surface area contributed by atoms with Crippen molar-refractivity contribution < 1.29 is 14.3 Å². The van der Waals surface area contributed by atoms with Crippen molar-refractivity contribution in [2.75, 3.05) is 19.7 Å². The van der Waals surface area contributed by atoms with Gasteiger partial charge in [0, 0.05) is 20.1 Å². The molecule has 0 aliphatic carbocycles. The van der Waals surface area contributed by atoms with Crippen LogP contribution in [0.5, 0.6) is 0 Å². The molecule has 0 aromatic heterocycles. The van der Waals surface area contributed by atoms with Crippen LogP contribution in [0.4, 0.5) is 4.79 Å². The van der Waals surface area contributed by atoms with Gasteiger partial charge in [-0.05, 0) is 48.4 Å². The van der Waals surface area contributed by atoms with Crippen molar-refractivity contribution in [2.45, 2.75) is 12.8 Å². The molecule has 8 heteroatoms. The lowest BCUT2D eigenvalue weighted by molar-refractivity contribution is 0.109. The maximum Gasteiger partial charge on any atom is 0.410 e. The molecule has 0 radical (unpaired) electrons. The van der Waals surface area contributed by atoms with Gasteiger partial charge in [-0.1, -0.05) is 56.1 Å². The molecule has 0 spiro atoms. The Hall–Kier alpha value is -3.02. The van der Waals surface area contributed by atoms with Crippen LogP contribution in [-0.4, -0.2) is 30.7 Å². The normalized spacial score (nSPS) is 19.2. The van der Waals surface area contributed by atoms with E-state index in [-0.39, 0.29) is 19.0 Å². The largest absolute Gasteiger partial charge is 0.450 e. The van der Waals surface area contributed by atoms with Crippen LogP contribution in [0.1, 0.15) is 24.0 Å². The molecule has 2 aliphatic heterocycles. The number of benzene rings is 2. The van der Waals surface area contributed by atoms with Crippen molar-refractivity contribution in [1.82, 2.24) is 4.90 Å². The zero-order chi connectivity index (χ0) is 23.5. The van der Waals surface area contributed by atoms with Gasteiger partial charge in [-0.2, -0.15) is 5.26 Å². The molecule has 2 N–H and O–H groups in total. The summed E-state index contributed by atoms with van der Waals surface area (Å²) in [5, 5.41) is 9.90. The summed E-state index contributed by atoms with van der Waals surface area (Å²) in [7, 11) is 0. The van der Waals surface area contributed by atoms with E-state index in [1.165, 1.54) is 0 Å². The first-order valence-corrected chi connectivity index (χ1v) is 11.9. The number of carbonyl (C=O) groups is 1. The highest BCUT2D eigenvalue weighted by Gasteiger charge is 2.39. The molecular weight excluding hydrogens is 550 g/mol. The number of nitrogens with two attached hydrogens (primary N) is 1. The van der Waals surface area contributed by atoms with Crippen LogP contribution in [-0.2, 0) is 9.47 Å². The van der Waals surface area contributed by atoms with Gasteiger partial charge in [0.2, 0.25) is 5.88 Å². The van der Waals surface area contributed by atoms with E-state index >= 15 is 0 Å². The summed E-state index contributed by atoms with van der Waals surface area (Å²) >= 11 is 6.91. The minimum Gasteiger partial charge on any atom is -0.450 e. The van der Waals surface area contributed by atoms with Gasteiger partial charge in [-0.25, -0.2) is 4.79 Å². The minimum atomic E-state index is -0.433. The molecule has 0 bridgehead atoms. The van der Waals surface area contributed by atoms with Crippen molar-refractivity contribution in [3.05, 3.63) is 97.0 Å². The Balaban J connectivity index is 1.87. The molecule has 0 fully saturated rings. The summed E-state index contributed by atoms with van der Waals surface area (Å²) in [4.78, 5) is 14.3. The fraction of sp³-hybridized carbons (Fsp3) is 0.200. The summed E-state index contributed by atoms with van der Waals surface area (Å²) in [5.74, 6) is 0.246. The van der Waals surface area contributed by atoms with Gasteiger partial charge < -0.3 is 15.2 Å². The number of hydrogen-bond donors (Lipinski definition) is 1. The fourth-order valence-corrected chi connectivity index (χ4v) is 4.54. The second-order valence-corrected chi connectivity index (χ2v) is 9.44. The van der Waals surface area contributed by atoms with Crippen LogP contribution < -0.4 is 5.73 Å². The Bertz CT molecular complexity index is 1210. The van der Waals surface area contributed by atoms with Crippen LogP contribution in [0.3, 0.4) is 0 Å². The van der Waals surface area contributed by atoms with Crippen LogP contribution >= 0.6 is 31.9 Å². The maximum absolute atomic E-state index is 12.7. The lowest BCUT2D eigenvalue weighted by Crippen LogP contribution is -2.41. The average molecular weight is 571 g/mol. The summed E-state index contributed by atoms with van der Waals surface area (Å²) < 4.78 is 13.2. The highest BCUT2D eigenvalue weighted by molar-refractivity contribution is 9.10. The lowest BCUT2D eigenvalue weighted by Gasteiger charge is -2.37. The highest BCUT2D eigenvalue weighted by Crippen LogP contribution is 2.44. The second-order valence-electron chi connectivity index (χ2n) is 7.61.